The first-order valence-corrected chi connectivity index (χ1v) is 21.8. The van der Waals surface area contributed by atoms with Gasteiger partial charge in [-0.2, -0.15) is 0 Å². The minimum atomic E-state index is -1.24. The van der Waals surface area contributed by atoms with Crippen molar-refractivity contribution in [1.82, 2.24) is 29.7 Å². The van der Waals surface area contributed by atoms with Crippen LogP contribution in [0.2, 0.25) is 0 Å². The molecule has 3 aliphatic heterocycles. The van der Waals surface area contributed by atoms with Crippen LogP contribution in [0.4, 0.5) is 0 Å². The summed E-state index contributed by atoms with van der Waals surface area (Å²) < 4.78 is 5.66. The van der Waals surface area contributed by atoms with Gasteiger partial charge in [0.15, 0.2) is 5.78 Å². The summed E-state index contributed by atoms with van der Waals surface area (Å²) in [5, 5.41) is 20.5. The van der Waals surface area contributed by atoms with Crippen molar-refractivity contribution in [1.29, 1.82) is 0 Å². The van der Waals surface area contributed by atoms with Crippen molar-refractivity contribution in [2.24, 2.45) is 10.8 Å². The molecule has 21 heteroatoms. The van der Waals surface area contributed by atoms with E-state index in [9.17, 15) is 48.9 Å². The Bertz CT molecular complexity index is 1820. The minimum Gasteiger partial charge on any atom is -0.459 e. The highest BCUT2D eigenvalue weighted by Gasteiger charge is 2.36. The number of hydrogen-bond donors (Lipinski definition) is 2. The fourth-order valence-electron chi connectivity index (χ4n) is 7.12. The van der Waals surface area contributed by atoms with E-state index < -0.39 is 87.1 Å². The fraction of sp³-hybridized carbons (Fsp3) is 0.682. The summed E-state index contributed by atoms with van der Waals surface area (Å²) in [6.45, 7) is 20.3. The van der Waals surface area contributed by atoms with Gasteiger partial charge in [0.1, 0.15) is 17.8 Å². The van der Waals surface area contributed by atoms with E-state index in [4.69, 9.17) is 24.2 Å². The Balaban J connectivity index is 1.69. The highest BCUT2D eigenvalue weighted by Crippen LogP contribution is 2.25. The number of ketones is 1. The van der Waals surface area contributed by atoms with Crippen molar-refractivity contribution in [2.45, 2.75) is 106 Å². The molecular formula is C44H66N6O15. The predicted octanol–water partition coefficient (Wildman–Crippen LogP) is 2.68. The lowest BCUT2D eigenvalue weighted by atomic mass is 9.88. The summed E-state index contributed by atoms with van der Waals surface area (Å²) in [5.41, 5.74) is -2.60. The molecule has 0 bridgehead atoms. The molecule has 362 valence electrons. The predicted molar refractivity (Wildman–Crippen MR) is 229 cm³/mol. The van der Waals surface area contributed by atoms with Crippen LogP contribution in [0.25, 0.3) is 0 Å². The first-order chi connectivity index (χ1) is 30.3. The van der Waals surface area contributed by atoms with Crippen LogP contribution in [0, 0.1) is 10.8 Å². The molecule has 0 spiro atoms. The zero-order valence-corrected chi connectivity index (χ0v) is 39.1. The van der Waals surface area contributed by atoms with Crippen LogP contribution in [0.3, 0.4) is 0 Å². The molecule has 0 saturated carbocycles. The molecule has 0 aliphatic carbocycles. The van der Waals surface area contributed by atoms with E-state index in [-0.39, 0.29) is 64.0 Å². The second kappa shape index (κ2) is 22.6. The molecule has 0 aromatic heterocycles. The number of Topliss-reactive ketones (excluding diaryl/α,β-unsaturated/α-hetero) is 1. The first kappa shape index (κ1) is 52.9. The maximum absolute atomic E-state index is 14.4. The summed E-state index contributed by atoms with van der Waals surface area (Å²) in [5.74, 6) is -6.54. The van der Waals surface area contributed by atoms with Gasteiger partial charge in [0.25, 0.3) is 23.6 Å². The molecule has 3 aliphatic rings. The number of carbonyl (C=O) groups excluding carboxylic acids is 8. The Morgan fingerprint density at radius 1 is 0.523 bits per heavy atom. The Morgan fingerprint density at radius 2 is 0.846 bits per heavy atom. The van der Waals surface area contributed by atoms with Crippen LogP contribution in [-0.4, -0.2) is 184 Å². The quantitative estimate of drug-likeness (QED) is 0.0845. The average molecular weight is 919 g/mol. The number of esters is 1. The van der Waals surface area contributed by atoms with E-state index in [1.807, 2.05) is 51.3 Å². The lowest BCUT2D eigenvalue weighted by Gasteiger charge is -2.38. The van der Waals surface area contributed by atoms with Gasteiger partial charge in [-0.1, -0.05) is 41.5 Å². The van der Waals surface area contributed by atoms with E-state index in [0.717, 1.165) is 18.2 Å². The maximum Gasteiger partial charge on any atom is 0.363 e. The number of imide groups is 2. The van der Waals surface area contributed by atoms with Crippen LogP contribution >= 0.6 is 0 Å². The number of hydroxylamine groups is 4. The molecule has 3 fully saturated rings. The van der Waals surface area contributed by atoms with Crippen LogP contribution in [-0.2, 0) is 48.2 Å². The monoisotopic (exact) mass is 918 g/mol. The third-order valence-electron chi connectivity index (χ3n) is 11.2. The number of rotatable bonds is 15. The van der Waals surface area contributed by atoms with Gasteiger partial charge in [-0.05, 0) is 49.8 Å². The molecule has 2 atom stereocenters. The number of carbonyl (C=O) groups is 8. The maximum atomic E-state index is 14.4. The van der Waals surface area contributed by atoms with Crippen molar-refractivity contribution in [3.05, 3.63) is 34.9 Å². The summed E-state index contributed by atoms with van der Waals surface area (Å²) in [6, 6.07) is 3.27. The van der Waals surface area contributed by atoms with Crippen molar-refractivity contribution >= 4 is 47.3 Å². The molecule has 2 unspecified atom stereocenters. The van der Waals surface area contributed by atoms with Crippen molar-refractivity contribution < 1.29 is 73.1 Å². The summed E-state index contributed by atoms with van der Waals surface area (Å²) in [4.78, 5) is 132. The third kappa shape index (κ3) is 16.0. The van der Waals surface area contributed by atoms with Crippen LogP contribution in [0.1, 0.15) is 119 Å². The molecular weight excluding hydrogens is 853 g/mol. The van der Waals surface area contributed by atoms with E-state index >= 15 is 0 Å². The number of ether oxygens (including phenoxy) is 1. The number of nitrogens with zero attached hydrogens (tertiary/aromatic N) is 6. The Kier molecular flexibility index (Phi) is 18.4. The van der Waals surface area contributed by atoms with Crippen LogP contribution in [0.15, 0.2) is 18.2 Å². The second-order valence-electron chi connectivity index (χ2n) is 19.8. The van der Waals surface area contributed by atoms with Gasteiger partial charge in [0, 0.05) is 96.7 Å². The zero-order chi connectivity index (χ0) is 48.4. The summed E-state index contributed by atoms with van der Waals surface area (Å²) in [6.07, 6.45) is -1.88. The van der Waals surface area contributed by atoms with Gasteiger partial charge < -0.3 is 14.4 Å². The largest absolute Gasteiger partial charge is 0.459 e. The Hall–Kier alpha value is -4.74. The topological polar surface area (TPSA) is 243 Å². The van der Waals surface area contributed by atoms with Gasteiger partial charge >= 0.3 is 17.9 Å². The molecule has 21 nitrogen and oxygen atoms in total. The van der Waals surface area contributed by atoms with Crippen LogP contribution in [0.5, 0.6) is 0 Å². The number of hydrogen-bond acceptors (Lipinski definition) is 19. The van der Waals surface area contributed by atoms with Crippen molar-refractivity contribution in [2.75, 3.05) is 78.5 Å². The van der Waals surface area contributed by atoms with Crippen molar-refractivity contribution in [3.8, 4) is 0 Å². The van der Waals surface area contributed by atoms with E-state index in [1.54, 1.807) is 20.8 Å². The molecule has 0 radical (unpaired) electrons. The van der Waals surface area contributed by atoms with E-state index in [0.29, 0.717) is 55.9 Å². The van der Waals surface area contributed by atoms with Gasteiger partial charge in [-0.3, -0.25) is 58.9 Å². The lowest BCUT2D eigenvalue weighted by molar-refractivity contribution is -0.303. The standard InChI is InChI=1S/C44H66N6O15/c1-42(2,3)33(64-59)26-46-16-14-45(15-20-48(28-39(56)61-44(7,8)9)21-19-47(18-17-46)27-34(65-60)43(4,5)6)25-32(51)29-22-30(40(57)62-49-35(52)10-11-36(49)53)24-31(23-29)41(58)63-50-37(54)12-13-38(50)55/h22-24,33-34,59-60H,10-21,25-28H2,1-9H3. The molecule has 2 N–H and O–H groups in total. The molecule has 1 aromatic rings. The summed E-state index contributed by atoms with van der Waals surface area (Å²) in [7, 11) is 0. The van der Waals surface area contributed by atoms with Crippen molar-refractivity contribution in [3.63, 3.8) is 0 Å². The van der Waals surface area contributed by atoms with E-state index in [1.165, 1.54) is 0 Å². The third-order valence-corrected chi connectivity index (χ3v) is 11.2. The highest BCUT2D eigenvalue weighted by atomic mass is 17.1. The lowest BCUT2D eigenvalue weighted by Crippen LogP contribution is -2.51. The molecule has 1 aromatic carbocycles. The Labute approximate surface area is 379 Å². The number of amides is 4. The summed E-state index contributed by atoms with van der Waals surface area (Å²) >= 11 is 0. The van der Waals surface area contributed by atoms with Crippen LogP contribution < -0.4 is 0 Å². The number of benzene rings is 1. The first-order valence-electron chi connectivity index (χ1n) is 21.8. The smallest absolute Gasteiger partial charge is 0.363 e. The van der Waals surface area contributed by atoms with Gasteiger partial charge in [-0.25, -0.2) is 19.4 Å². The molecule has 3 heterocycles. The Morgan fingerprint density at radius 3 is 1.17 bits per heavy atom. The SMILES string of the molecule is CC(C)(C)OC(=O)CN1CCN(CC(=O)c2cc(C(=O)ON3C(=O)CCC3=O)cc(C(=O)ON3C(=O)CCC3=O)c2)CCN(CC(OO)C(C)(C)C)CCN(CC(OO)C(C)(C)C)CC1. The van der Waals surface area contributed by atoms with Gasteiger partial charge in [0.2, 0.25) is 0 Å². The molecule has 4 rings (SSSR count). The zero-order valence-electron chi connectivity index (χ0n) is 39.1. The second-order valence-corrected chi connectivity index (χ2v) is 19.8. The fourth-order valence-corrected chi connectivity index (χ4v) is 7.12. The molecule has 4 amide bonds. The van der Waals surface area contributed by atoms with Gasteiger partial charge in [0.05, 0.1) is 24.2 Å². The van der Waals surface area contributed by atoms with E-state index in [2.05, 4.69) is 9.80 Å². The van der Waals surface area contributed by atoms with Gasteiger partial charge in [-0.15, -0.1) is 10.1 Å². The minimum absolute atomic E-state index is 0.0704. The highest BCUT2D eigenvalue weighted by molar-refractivity contribution is 6.06. The molecule has 3 saturated heterocycles. The normalized spacial score (nSPS) is 19.5. The average Bonchev–Trinajstić information content (AvgIpc) is 3.70. The molecule has 65 heavy (non-hydrogen) atoms.